The van der Waals surface area contributed by atoms with Gasteiger partial charge in [0, 0.05) is 0 Å². The van der Waals surface area contributed by atoms with Crippen LogP contribution in [0.15, 0.2) is 37.9 Å². The molecular formula is C12H10Br2O2S. The quantitative estimate of drug-likeness (QED) is 0.860. The Morgan fingerprint density at radius 3 is 2.53 bits per heavy atom. The summed E-state index contributed by atoms with van der Waals surface area (Å²) in [5.41, 5.74) is 1.72. The molecule has 2 aromatic rings. The van der Waals surface area contributed by atoms with E-state index in [2.05, 4.69) is 31.9 Å². The van der Waals surface area contributed by atoms with Gasteiger partial charge < -0.3 is 9.84 Å². The van der Waals surface area contributed by atoms with Gasteiger partial charge in [-0.3, -0.25) is 0 Å². The number of aliphatic hydroxyl groups is 1. The highest BCUT2D eigenvalue weighted by Crippen LogP contribution is 2.33. The van der Waals surface area contributed by atoms with Crippen molar-refractivity contribution >= 4 is 43.2 Å². The molecule has 1 N–H and O–H groups in total. The third kappa shape index (κ3) is 2.91. The molecule has 2 nitrogen and oxygen atoms in total. The fraction of sp³-hybridized carbons (Fsp3) is 0.167. The SMILES string of the molecule is COc1ccc(C(O)c2csc(Br)c2)cc1Br. The highest BCUT2D eigenvalue weighted by Gasteiger charge is 2.13. The second kappa shape index (κ2) is 5.52. The maximum absolute atomic E-state index is 10.2. The normalized spacial score (nSPS) is 12.5. The largest absolute Gasteiger partial charge is 0.496 e. The molecule has 0 radical (unpaired) electrons. The second-order valence-electron chi connectivity index (χ2n) is 3.48. The summed E-state index contributed by atoms with van der Waals surface area (Å²) in [6.45, 7) is 0. The summed E-state index contributed by atoms with van der Waals surface area (Å²) in [7, 11) is 1.62. The maximum atomic E-state index is 10.2. The van der Waals surface area contributed by atoms with E-state index in [4.69, 9.17) is 4.74 Å². The Labute approximate surface area is 121 Å². The molecule has 0 saturated heterocycles. The van der Waals surface area contributed by atoms with E-state index in [0.717, 1.165) is 25.1 Å². The summed E-state index contributed by atoms with van der Waals surface area (Å²) in [5.74, 6) is 0.757. The topological polar surface area (TPSA) is 29.5 Å². The van der Waals surface area contributed by atoms with Crippen LogP contribution in [0.5, 0.6) is 5.75 Å². The fourth-order valence-corrected chi connectivity index (χ4v) is 3.26. The van der Waals surface area contributed by atoms with Crippen molar-refractivity contribution in [3.05, 3.63) is 49.0 Å². The van der Waals surface area contributed by atoms with Crippen LogP contribution in [0.3, 0.4) is 0 Å². The van der Waals surface area contributed by atoms with E-state index in [9.17, 15) is 5.11 Å². The predicted octanol–water partition coefficient (Wildman–Crippen LogP) is 4.36. The average molecular weight is 378 g/mol. The molecule has 0 aliphatic rings. The number of benzene rings is 1. The summed E-state index contributed by atoms with van der Waals surface area (Å²) in [6.07, 6.45) is -0.611. The van der Waals surface area contributed by atoms with E-state index in [0.29, 0.717) is 0 Å². The number of methoxy groups -OCH3 is 1. The number of aliphatic hydroxyl groups excluding tert-OH is 1. The van der Waals surface area contributed by atoms with Crippen molar-refractivity contribution in [2.24, 2.45) is 0 Å². The predicted molar refractivity (Wildman–Crippen MR) is 76.8 cm³/mol. The summed E-state index contributed by atoms with van der Waals surface area (Å²) in [5, 5.41) is 12.2. The third-order valence-corrected chi connectivity index (χ3v) is 4.54. The Hall–Kier alpha value is -0.360. The molecule has 5 heteroatoms. The zero-order valence-corrected chi connectivity index (χ0v) is 13.0. The molecule has 17 heavy (non-hydrogen) atoms. The van der Waals surface area contributed by atoms with Crippen molar-refractivity contribution in [1.29, 1.82) is 0 Å². The van der Waals surface area contributed by atoms with Crippen molar-refractivity contribution < 1.29 is 9.84 Å². The van der Waals surface area contributed by atoms with Crippen LogP contribution in [0.4, 0.5) is 0 Å². The van der Waals surface area contributed by atoms with Crippen LogP contribution in [0.1, 0.15) is 17.2 Å². The summed E-state index contributed by atoms with van der Waals surface area (Å²) in [4.78, 5) is 0. The zero-order valence-electron chi connectivity index (χ0n) is 8.98. The van der Waals surface area contributed by atoms with E-state index in [-0.39, 0.29) is 0 Å². The molecule has 1 atom stereocenters. The minimum Gasteiger partial charge on any atom is -0.496 e. The smallest absolute Gasteiger partial charge is 0.133 e. The minimum atomic E-state index is -0.611. The molecule has 1 aromatic heterocycles. The van der Waals surface area contributed by atoms with E-state index in [1.165, 1.54) is 0 Å². The highest BCUT2D eigenvalue weighted by molar-refractivity contribution is 9.11. The molecule has 90 valence electrons. The summed E-state index contributed by atoms with van der Waals surface area (Å²) in [6, 6.07) is 7.49. The van der Waals surface area contributed by atoms with Gasteiger partial charge in [0.1, 0.15) is 11.9 Å². The zero-order chi connectivity index (χ0) is 12.4. The van der Waals surface area contributed by atoms with Crippen LogP contribution in [-0.2, 0) is 0 Å². The van der Waals surface area contributed by atoms with Gasteiger partial charge in [0.15, 0.2) is 0 Å². The van der Waals surface area contributed by atoms with E-state index in [1.54, 1.807) is 18.4 Å². The van der Waals surface area contributed by atoms with Crippen LogP contribution in [0, 0.1) is 0 Å². The van der Waals surface area contributed by atoms with Crippen molar-refractivity contribution in [3.8, 4) is 5.75 Å². The molecule has 1 heterocycles. The number of hydrogen-bond donors (Lipinski definition) is 1. The Kier molecular flexibility index (Phi) is 4.25. The number of hydrogen-bond acceptors (Lipinski definition) is 3. The lowest BCUT2D eigenvalue weighted by Crippen LogP contribution is -1.98. The summed E-state index contributed by atoms with van der Waals surface area (Å²) >= 11 is 8.36. The van der Waals surface area contributed by atoms with E-state index < -0.39 is 6.10 Å². The molecule has 2 rings (SSSR count). The van der Waals surface area contributed by atoms with E-state index >= 15 is 0 Å². The van der Waals surface area contributed by atoms with Crippen LogP contribution in [-0.4, -0.2) is 12.2 Å². The highest BCUT2D eigenvalue weighted by atomic mass is 79.9. The first-order valence-electron chi connectivity index (χ1n) is 4.87. The Bertz CT molecular complexity index is 525. The Morgan fingerprint density at radius 1 is 1.24 bits per heavy atom. The third-order valence-electron chi connectivity index (χ3n) is 2.40. The van der Waals surface area contributed by atoms with Gasteiger partial charge in [-0.15, -0.1) is 11.3 Å². The molecule has 0 aliphatic carbocycles. The van der Waals surface area contributed by atoms with Crippen LogP contribution >= 0.6 is 43.2 Å². The average Bonchev–Trinajstić information content (AvgIpc) is 2.75. The molecule has 1 unspecified atom stereocenters. The summed E-state index contributed by atoms with van der Waals surface area (Å²) < 4.78 is 7.01. The standard InChI is InChI=1S/C12H10Br2O2S/c1-16-10-3-2-7(4-9(10)13)12(15)8-5-11(14)17-6-8/h2-6,12,15H,1H3. The van der Waals surface area contributed by atoms with Gasteiger partial charge in [0.05, 0.1) is 15.4 Å². The molecule has 0 amide bonds. The second-order valence-corrected chi connectivity index (χ2v) is 6.63. The Morgan fingerprint density at radius 2 is 2.00 bits per heavy atom. The first-order chi connectivity index (χ1) is 8.11. The lowest BCUT2D eigenvalue weighted by Gasteiger charge is -2.11. The molecule has 1 aromatic carbocycles. The van der Waals surface area contributed by atoms with Gasteiger partial charge in [-0.25, -0.2) is 0 Å². The molecule has 0 spiro atoms. The van der Waals surface area contributed by atoms with Gasteiger partial charge in [0.25, 0.3) is 0 Å². The molecule has 0 fully saturated rings. The van der Waals surface area contributed by atoms with Crippen LogP contribution in [0.2, 0.25) is 0 Å². The lowest BCUT2D eigenvalue weighted by molar-refractivity contribution is 0.220. The fourth-order valence-electron chi connectivity index (χ4n) is 1.51. The molecule has 0 aliphatic heterocycles. The van der Waals surface area contributed by atoms with Crippen molar-refractivity contribution in [2.45, 2.75) is 6.10 Å². The van der Waals surface area contributed by atoms with Crippen molar-refractivity contribution in [3.63, 3.8) is 0 Å². The monoisotopic (exact) mass is 376 g/mol. The van der Waals surface area contributed by atoms with Crippen LogP contribution < -0.4 is 4.74 Å². The number of halogens is 2. The number of rotatable bonds is 3. The van der Waals surface area contributed by atoms with Gasteiger partial charge in [-0.05, 0) is 66.6 Å². The van der Waals surface area contributed by atoms with Crippen molar-refractivity contribution in [2.75, 3.05) is 7.11 Å². The van der Waals surface area contributed by atoms with Gasteiger partial charge >= 0.3 is 0 Å². The Balaban J connectivity index is 2.31. The van der Waals surface area contributed by atoms with Gasteiger partial charge in [-0.2, -0.15) is 0 Å². The van der Waals surface area contributed by atoms with Gasteiger partial charge in [0.2, 0.25) is 0 Å². The minimum absolute atomic E-state index is 0.611. The van der Waals surface area contributed by atoms with Crippen molar-refractivity contribution in [1.82, 2.24) is 0 Å². The first kappa shape index (κ1) is 13.1. The number of thiophene rings is 1. The number of ether oxygens (including phenoxy) is 1. The maximum Gasteiger partial charge on any atom is 0.133 e. The molecule has 0 bridgehead atoms. The first-order valence-corrected chi connectivity index (χ1v) is 7.34. The lowest BCUT2D eigenvalue weighted by atomic mass is 10.0. The van der Waals surface area contributed by atoms with Crippen LogP contribution in [0.25, 0.3) is 0 Å². The molecule has 0 saturated carbocycles. The molecular weight excluding hydrogens is 368 g/mol. The van der Waals surface area contributed by atoms with E-state index in [1.807, 2.05) is 29.6 Å². The van der Waals surface area contributed by atoms with Gasteiger partial charge in [-0.1, -0.05) is 6.07 Å².